The zero-order valence-electron chi connectivity index (χ0n) is 17.2. The fourth-order valence-corrected chi connectivity index (χ4v) is 3.28. The number of methoxy groups -OCH3 is 2. The van der Waals surface area contributed by atoms with E-state index in [4.69, 9.17) is 9.47 Å². The summed E-state index contributed by atoms with van der Waals surface area (Å²) < 4.78 is 47.8. The van der Waals surface area contributed by atoms with Crippen molar-refractivity contribution in [3.63, 3.8) is 0 Å². The highest BCUT2D eigenvalue weighted by molar-refractivity contribution is 14.0. The Bertz CT molecular complexity index is 891. The van der Waals surface area contributed by atoms with Crippen molar-refractivity contribution in [1.82, 2.24) is 15.6 Å². The van der Waals surface area contributed by atoms with E-state index in [1.807, 2.05) is 6.92 Å². The maximum Gasteiger partial charge on any atom is 0.434 e. The van der Waals surface area contributed by atoms with E-state index < -0.39 is 17.8 Å². The van der Waals surface area contributed by atoms with E-state index >= 15 is 0 Å². The van der Waals surface area contributed by atoms with E-state index in [1.165, 1.54) is 14.2 Å². The molecule has 0 radical (unpaired) electrons. The second-order valence-electron chi connectivity index (χ2n) is 6.02. The van der Waals surface area contributed by atoms with E-state index in [1.54, 1.807) is 18.2 Å². The molecule has 0 amide bonds. The number of esters is 1. The second kappa shape index (κ2) is 12.7. The van der Waals surface area contributed by atoms with Gasteiger partial charge in [0.15, 0.2) is 11.7 Å². The number of thiazole rings is 1. The number of alkyl halides is 3. The number of hydrogen-bond donors (Lipinski definition) is 2. The van der Waals surface area contributed by atoms with Crippen molar-refractivity contribution < 1.29 is 27.4 Å². The Morgan fingerprint density at radius 1 is 1.26 bits per heavy atom. The first kappa shape index (κ1) is 26.9. The summed E-state index contributed by atoms with van der Waals surface area (Å²) in [6.07, 6.45) is -4.10. The molecule has 0 atom stereocenters. The molecule has 1 heterocycles. The minimum absolute atomic E-state index is 0. The fourth-order valence-electron chi connectivity index (χ4n) is 2.48. The number of ether oxygens (including phenoxy) is 2. The van der Waals surface area contributed by atoms with Crippen LogP contribution in [0.15, 0.2) is 28.6 Å². The van der Waals surface area contributed by atoms with E-state index in [-0.39, 0.29) is 30.5 Å². The highest BCUT2D eigenvalue weighted by atomic mass is 127. The lowest BCUT2D eigenvalue weighted by molar-refractivity contribution is -0.140. The van der Waals surface area contributed by atoms with E-state index in [2.05, 4.69) is 20.6 Å². The van der Waals surface area contributed by atoms with Crippen LogP contribution in [0.5, 0.6) is 5.75 Å². The van der Waals surface area contributed by atoms with Gasteiger partial charge < -0.3 is 20.1 Å². The minimum Gasteiger partial charge on any atom is -0.496 e. The Morgan fingerprint density at radius 2 is 2.00 bits per heavy atom. The molecule has 0 fully saturated rings. The van der Waals surface area contributed by atoms with Gasteiger partial charge in [0.25, 0.3) is 0 Å². The van der Waals surface area contributed by atoms with Gasteiger partial charge in [-0.25, -0.2) is 14.8 Å². The van der Waals surface area contributed by atoms with Crippen molar-refractivity contribution in [2.24, 2.45) is 4.99 Å². The number of carbonyl (C=O) groups excluding carboxylic acids is 1. The molecule has 12 heteroatoms. The van der Waals surface area contributed by atoms with Gasteiger partial charge in [-0.3, -0.25) is 0 Å². The van der Waals surface area contributed by atoms with Gasteiger partial charge in [-0.1, -0.05) is 6.07 Å². The van der Waals surface area contributed by atoms with Crippen LogP contribution in [0.4, 0.5) is 13.2 Å². The maximum absolute atomic E-state index is 12.6. The second-order valence-corrected chi connectivity index (χ2v) is 6.97. The number of guanidine groups is 1. The first-order chi connectivity index (χ1) is 14.3. The lowest BCUT2D eigenvalue weighted by Gasteiger charge is -2.11. The largest absolute Gasteiger partial charge is 0.496 e. The quantitative estimate of drug-likeness (QED) is 0.216. The van der Waals surface area contributed by atoms with Crippen molar-refractivity contribution in [3.05, 3.63) is 45.4 Å². The summed E-state index contributed by atoms with van der Waals surface area (Å²) in [6, 6.07) is 5.09. The molecule has 0 aliphatic rings. The van der Waals surface area contributed by atoms with Crippen LogP contribution in [0.3, 0.4) is 0 Å². The number of hydrogen-bond acceptors (Lipinski definition) is 6. The number of benzene rings is 1. The first-order valence-electron chi connectivity index (χ1n) is 9.07. The van der Waals surface area contributed by atoms with Gasteiger partial charge in [0, 0.05) is 24.9 Å². The Morgan fingerprint density at radius 3 is 2.58 bits per heavy atom. The molecule has 0 saturated heterocycles. The zero-order valence-corrected chi connectivity index (χ0v) is 20.4. The molecule has 0 unspecified atom stereocenters. The van der Waals surface area contributed by atoms with Crippen LogP contribution < -0.4 is 15.4 Å². The van der Waals surface area contributed by atoms with Crippen molar-refractivity contribution in [2.45, 2.75) is 26.1 Å². The van der Waals surface area contributed by atoms with E-state index in [0.29, 0.717) is 41.8 Å². The van der Waals surface area contributed by atoms with Gasteiger partial charge >= 0.3 is 12.1 Å². The third kappa shape index (κ3) is 8.16. The minimum atomic E-state index is -4.43. The fraction of sp³-hybridized carbons (Fsp3) is 0.421. The number of halogens is 4. The van der Waals surface area contributed by atoms with E-state index in [0.717, 1.165) is 22.3 Å². The van der Waals surface area contributed by atoms with Gasteiger partial charge in [0.2, 0.25) is 0 Å². The summed E-state index contributed by atoms with van der Waals surface area (Å²) >= 11 is 0.975. The lowest BCUT2D eigenvalue weighted by Crippen LogP contribution is -2.38. The number of nitrogens with one attached hydrogen (secondary N) is 2. The summed E-state index contributed by atoms with van der Waals surface area (Å²) in [7, 11) is 2.76. The molecule has 0 aliphatic heterocycles. The molecule has 1 aromatic heterocycles. The van der Waals surface area contributed by atoms with E-state index in [9.17, 15) is 18.0 Å². The molecule has 2 aromatic rings. The Balaban J connectivity index is 0.00000480. The standard InChI is InChI=1S/C19H23F3N4O3S.HI/c1-4-23-18(24-8-7-16-26-15(11-30-16)19(20,21)22)25-10-12-5-6-14(28-2)13(9-12)17(27)29-3;/h5-6,9,11H,4,7-8,10H2,1-3H3,(H2,23,24,25);1H. The molecular weight excluding hydrogens is 548 g/mol. The smallest absolute Gasteiger partial charge is 0.434 e. The van der Waals surface area contributed by atoms with Crippen LogP contribution >= 0.6 is 35.3 Å². The molecule has 172 valence electrons. The number of aliphatic imine (C=N–C) groups is 1. The highest BCUT2D eigenvalue weighted by Crippen LogP contribution is 2.30. The molecule has 2 N–H and O–H groups in total. The topological polar surface area (TPSA) is 84.8 Å². The molecule has 2 rings (SSSR count). The van der Waals surface area contributed by atoms with Gasteiger partial charge in [0.05, 0.1) is 25.8 Å². The van der Waals surface area contributed by atoms with Gasteiger partial charge in [0.1, 0.15) is 11.3 Å². The van der Waals surface area contributed by atoms with Crippen LogP contribution in [0.1, 0.15) is 33.5 Å². The third-order valence-electron chi connectivity index (χ3n) is 3.91. The number of rotatable bonds is 8. The van der Waals surface area contributed by atoms with Crippen LogP contribution in [0, 0.1) is 0 Å². The third-order valence-corrected chi connectivity index (χ3v) is 4.82. The van der Waals surface area contributed by atoms with Gasteiger partial charge in [-0.05, 0) is 24.6 Å². The molecule has 0 spiro atoms. The monoisotopic (exact) mass is 572 g/mol. The Hall–Kier alpha value is -2.09. The molecule has 31 heavy (non-hydrogen) atoms. The molecule has 0 aliphatic carbocycles. The van der Waals surface area contributed by atoms with Crippen LogP contribution in [-0.4, -0.2) is 44.2 Å². The summed E-state index contributed by atoms with van der Waals surface area (Å²) in [5, 5.41) is 7.54. The molecule has 0 saturated carbocycles. The molecule has 1 aromatic carbocycles. The van der Waals surface area contributed by atoms with Crippen molar-refractivity contribution >= 4 is 47.2 Å². The maximum atomic E-state index is 12.6. The zero-order chi connectivity index (χ0) is 22.1. The summed E-state index contributed by atoms with van der Waals surface area (Å²) in [6.45, 7) is 3.15. The van der Waals surface area contributed by atoms with Crippen LogP contribution in [0.2, 0.25) is 0 Å². The van der Waals surface area contributed by atoms with Crippen molar-refractivity contribution in [2.75, 3.05) is 27.3 Å². The summed E-state index contributed by atoms with van der Waals surface area (Å²) in [4.78, 5) is 19.9. The average molecular weight is 572 g/mol. The summed E-state index contributed by atoms with van der Waals surface area (Å²) in [5.74, 6) is 0.395. The highest BCUT2D eigenvalue weighted by Gasteiger charge is 2.33. The molecule has 7 nitrogen and oxygen atoms in total. The predicted octanol–water partition coefficient (Wildman–Crippen LogP) is 3.87. The number of aromatic nitrogens is 1. The van der Waals surface area contributed by atoms with Gasteiger partial charge in [-0.2, -0.15) is 13.2 Å². The first-order valence-corrected chi connectivity index (χ1v) is 9.95. The lowest BCUT2D eigenvalue weighted by atomic mass is 10.1. The van der Waals surface area contributed by atoms with Crippen molar-refractivity contribution in [3.8, 4) is 5.75 Å². The number of carbonyl (C=O) groups is 1. The SMILES string of the molecule is CCNC(=NCc1ccc(OC)c(C(=O)OC)c1)NCCc1nc(C(F)(F)F)cs1.I. The Kier molecular flexibility index (Phi) is 11.0. The van der Waals surface area contributed by atoms with Crippen LogP contribution in [0.25, 0.3) is 0 Å². The molecular formula is C19H24F3IN4O3S. The normalized spacial score (nSPS) is 11.5. The molecule has 0 bridgehead atoms. The summed E-state index contributed by atoms with van der Waals surface area (Å²) in [5.41, 5.74) is 0.196. The predicted molar refractivity (Wildman–Crippen MR) is 123 cm³/mol. The number of nitrogens with zero attached hydrogens (tertiary/aromatic N) is 2. The van der Waals surface area contributed by atoms with Gasteiger partial charge in [-0.15, -0.1) is 35.3 Å². The van der Waals surface area contributed by atoms with Crippen molar-refractivity contribution in [1.29, 1.82) is 0 Å². The van der Waals surface area contributed by atoms with Crippen LogP contribution in [-0.2, 0) is 23.9 Å². The Labute approximate surface area is 199 Å². The average Bonchev–Trinajstić information content (AvgIpc) is 3.20.